The Morgan fingerprint density at radius 2 is 1.04 bits per heavy atom. The number of hydrogen-bond donors (Lipinski definition) is 7. The van der Waals surface area contributed by atoms with Crippen LogP contribution in [0.15, 0.2) is 24.3 Å². The van der Waals surface area contributed by atoms with Gasteiger partial charge in [-0.15, -0.1) is 0 Å². The number of aliphatic hydroxyl groups excluding tert-OH is 4. The zero-order chi connectivity index (χ0) is 19.1. The molecule has 0 aliphatic carbocycles. The molecule has 0 heterocycles. The smallest absolute Gasteiger partial charge is 0.330 e. The van der Waals surface area contributed by atoms with Crippen LogP contribution in [-0.2, 0) is 14.4 Å². The van der Waals surface area contributed by atoms with E-state index >= 15 is 0 Å². The van der Waals surface area contributed by atoms with Gasteiger partial charge < -0.3 is 35.7 Å². The van der Waals surface area contributed by atoms with Crippen molar-refractivity contribution in [2.24, 2.45) is 5.41 Å². The summed E-state index contributed by atoms with van der Waals surface area (Å²) >= 11 is 0. The van der Waals surface area contributed by atoms with Crippen molar-refractivity contribution in [2.45, 2.75) is 6.92 Å². The fourth-order valence-electron chi connectivity index (χ4n) is 0.443. The van der Waals surface area contributed by atoms with Gasteiger partial charge in [0.25, 0.3) is 0 Å². The van der Waals surface area contributed by atoms with Crippen LogP contribution in [0.25, 0.3) is 0 Å². The maximum atomic E-state index is 9.60. The molecule has 0 unspecified atom stereocenters. The third kappa shape index (κ3) is 17.7. The van der Waals surface area contributed by atoms with Crippen molar-refractivity contribution in [1.82, 2.24) is 0 Å². The summed E-state index contributed by atoms with van der Waals surface area (Å²) in [6, 6.07) is 0. The molecule has 134 valence electrons. The van der Waals surface area contributed by atoms with Crippen LogP contribution in [-0.4, -0.2) is 80.1 Å². The lowest BCUT2D eigenvalue weighted by Crippen LogP contribution is -2.37. The van der Waals surface area contributed by atoms with Crippen molar-refractivity contribution in [3.8, 4) is 0 Å². The van der Waals surface area contributed by atoms with Crippen LogP contribution in [0.5, 0.6) is 0 Å². The van der Waals surface area contributed by atoms with E-state index in [0.29, 0.717) is 12.2 Å². The third-order valence-electron chi connectivity index (χ3n) is 2.08. The number of aliphatic hydroxyl groups is 4. The Bertz CT molecular complexity index is 363. The Hall–Kier alpha value is -2.27. The molecule has 0 aromatic rings. The normalized spacial score (nSPS) is 9.96. The van der Waals surface area contributed by atoms with E-state index < -0.39 is 49.8 Å². The van der Waals surface area contributed by atoms with Gasteiger partial charge in [-0.05, 0) is 6.92 Å². The van der Waals surface area contributed by atoms with Crippen molar-refractivity contribution in [3.05, 3.63) is 24.3 Å². The first-order chi connectivity index (χ1) is 10.5. The van der Waals surface area contributed by atoms with E-state index in [9.17, 15) is 14.4 Å². The lowest BCUT2D eigenvalue weighted by molar-refractivity contribution is -0.134. The van der Waals surface area contributed by atoms with Gasteiger partial charge in [-0.1, -0.05) is 6.58 Å². The van der Waals surface area contributed by atoms with E-state index in [1.165, 1.54) is 6.92 Å². The number of carboxylic acid groups (broad SMARTS) is 3. The summed E-state index contributed by atoms with van der Waals surface area (Å²) in [5, 5.41) is 57.5. The van der Waals surface area contributed by atoms with Crippen LogP contribution in [0.1, 0.15) is 6.92 Å². The molecule has 10 nitrogen and oxygen atoms in total. The average Bonchev–Trinajstić information content (AvgIpc) is 2.49. The van der Waals surface area contributed by atoms with E-state index in [4.69, 9.17) is 35.7 Å². The van der Waals surface area contributed by atoms with Gasteiger partial charge in [-0.2, -0.15) is 0 Å². The van der Waals surface area contributed by atoms with Crippen LogP contribution < -0.4 is 0 Å². The SMILES string of the molecule is C=C(C)C(=O)O.O=C(O)/C=C\C(=O)O.OCC(CO)(CO)CO. The van der Waals surface area contributed by atoms with Gasteiger partial charge in [-0.3, -0.25) is 0 Å². The molecule has 23 heavy (non-hydrogen) atoms. The monoisotopic (exact) mass is 338 g/mol. The molecule has 0 saturated heterocycles. The predicted molar refractivity (Wildman–Crippen MR) is 77.6 cm³/mol. The summed E-state index contributed by atoms with van der Waals surface area (Å²) in [7, 11) is 0. The molecule has 10 heteroatoms. The quantitative estimate of drug-likeness (QED) is 0.263. The Morgan fingerprint density at radius 1 is 0.826 bits per heavy atom. The Labute approximate surface area is 132 Å². The van der Waals surface area contributed by atoms with Crippen LogP contribution in [0.4, 0.5) is 0 Å². The van der Waals surface area contributed by atoms with Crippen molar-refractivity contribution >= 4 is 17.9 Å². The first-order valence-electron chi connectivity index (χ1n) is 5.98. The summed E-state index contributed by atoms with van der Waals surface area (Å²) in [5.41, 5.74) is -0.935. The molecule has 0 radical (unpaired) electrons. The standard InChI is InChI=1S/C5H12O4.C4H4O4.C4H6O2/c6-1-5(2-7,3-8)4-9;5-3(6)1-2-4(7)8;1-3(2)4(5)6/h6-9H,1-4H2;1-2H,(H,5,6)(H,7,8);1H2,2H3,(H,5,6)/b;2-1-;. The van der Waals surface area contributed by atoms with Crippen LogP contribution in [0.2, 0.25) is 0 Å². The van der Waals surface area contributed by atoms with Gasteiger partial charge in [0.15, 0.2) is 0 Å². The minimum absolute atomic E-state index is 0.176. The van der Waals surface area contributed by atoms with Gasteiger partial charge >= 0.3 is 17.9 Å². The second kappa shape index (κ2) is 14.7. The van der Waals surface area contributed by atoms with Crippen molar-refractivity contribution in [3.63, 3.8) is 0 Å². The van der Waals surface area contributed by atoms with Crippen LogP contribution in [0.3, 0.4) is 0 Å². The molecule has 0 aromatic carbocycles. The molecule has 0 aliphatic heterocycles. The van der Waals surface area contributed by atoms with Gasteiger partial charge in [0, 0.05) is 17.7 Å². The maximum absolute atomic E-state index is 9.60. The average molecular weight is 338 g/mol. The Balaban J connectivity index is -0.000000266. The molecule has 0 aliphatic rings. The summed E-state index contributed by atoms with van der Waals surface area (Å²) in [6.45, 7) is 2.98. The molecular weight excluding hydrogens is 316 g/mol. The van der Waals surface area contributed by atoms with Crippen LogP contribution in [0, 0.1) is 5.41 Å². The number of rotatable bonds is 7. The van der Waals surface area contributed by atoms with E-state index in [0.717, 1.165) is 0 Å². The van der Waals surface area contributed by atoms with Crippen molar-refractivity contribution in [2.75, 3.05) is 26.4 Å². The Morgan fingerprint density at radius 3 is 1.09 bits per heavy atom. The molecule has 0 aromatic heterocycles. The molecule has 0 bridgehead atoms. The van der Waals surface area contributed by atoms with E-state index in [1.807, 2.05) is 0 Å². The minimum Gasteiger partial charge on any atom is -0.478 e. The zero-order valence-electron chi connectivity index (χ0n) is 12.5. The molecule has 0 fully saturated rings. The molecule has 7 N–H and O–H groups in total. The van der Waals surface area contributed by atoms with Gasteiger partial charge in [0.1, 0.15) is 0 Å². The summed E-state index contributed by atoms with van der Waals surface area (Å²) in [5.74, 6) is -3.45. The molecule has 0 amide bonds. The highest BCUT2D eigenvalue weighted by Gasteiger charge is 2.26. The van der Waals surface area contributed by atoms with Gasteiger partial charge in [-0.25, -0.2) is 14.4 Å². The highest BCUT2D eigenvalue weighted by atomic mass is 16.4. The summed E-state index contributed by atoms with van der Waals surface area (Å²) < 4.78 is 0. The highest BCUT2D eigenvalue weighted by Crippen LogP contribution is 2.11. The molecule has 0 rings (SSSR count). The first-order valence-corrected chi connectivity index (χ1v) is 5.98. The lowest BCUT2D eigenvalue weighted by atomic mass is 9.93. The molecular formula is C13H22O10. The van der Waals surface area contributed by atoms with Crippen molar-refractivity contribution in [1.29, 1.82) is 0 Å². The van der Waals surface area contributed by atoms with E-state index in [1.54, 1.807) is 0 Å². The highest BCUT2D eigenvalue weighted by molar-refractivity contribution is 5.89. The first kappa shape index (κ1) is 25.7. The number of carbonyl (C=O) groups is 3. The number of carboxylic acids is 3. The third-order valence-corrected chi connectivity index (χ3v) is 2.08. The largest absolute Gasteiger partial charge is 0.478 e. The second-order valence-corrected chi connectivity index (χ2v) is 4.23. The predicted octanol–water partition coefficient (Wildman–Crippen LogP) is -1.70. The maximum Gasteiger partial charge on any atom is 0.330 e. The van der Waals surface area contributed by atoms with Gasteiger partial charge in [0.05, 0.1) is 31.8 Å². The number of aliphatic carboxylic acids is 3. The Kier molecular flexibility index (Phi) is 16.4. The molecule has 0 saturated carbocycles. The second-order valence-electron chi connectivity index (χ2n) is 4.23. The van der Waals surface area contributed by atoms with Crippen molar-refractivity contribution < 1.29 is 50.1 Å². The molecule has 0 atom stereocenters. The van der Waals surface area contributed by atoms with E-state index in [-0.39, 0.29) is 5.57 Å². The van der Waals surface area contributed by atoms with E-state index in [2.05, 4.69) is 6.58 Å². The zero-order valence-corrected chi connectivity index (χ0v) is 12.5. The topological polar surface area (TPSA) is 193 Å². The summed E-state index contributed by atoms with van der Waals surface area (Å²) in [4.78, 5) is 28.7. The fraction of sp³-hybridized carbons (Fsp3) is 0.462. The van der Waals surface area contributed by atoms with Crippen LogP contribution >= 0.6 is 0 Å². The minimum atomic E-state index is -1.26. The lowest BCUT2D eigenvalue weighted by Gasteiger charge is -2.23. The molecule has 0 spiro atoms. The summed E-state index contributed by atoms with van der Waals surface area (Å²) in [6.07, 6.45) is 1.12. The van der Waals surface area contributed by atoms with Gasteiger partial charge in [0.2, 0.25) is 0 Å². The number of hydrogen-bond acceptors (Lipinski definition) is 7. The fourth-order valence-corrected chi connectivity index (χ4v) is 0.443.